The highest BCUT2D eigenvalue weighted by Crippen LogP contribution is 2.33. The van der Waals surface area contributed by atoms with Crippen LogP contribution in [0.1, 0.15) is 16.1 Å². The van der Waals surface area contributed by atoms with Crippen molar-refractivity contribution in [2.75, 3.05) is 0 Å². The highest BCUT2D eigenvalue weighted by atomic mass is 79.9. The molecule has 0 amide bonds. The maximum atomic E-state index is 13.6. The summed E-state index contributed by atoms with van der Waals surface area (Å²) in [5.41, 5.74) is 2.85. The van der Waals surface area contributed by atoms with E-state index in [1.165, 1.54) is 6.07 Å². The monoisotopic (exact) mass is 407 g/mol. The van der Waals surface area contributed by atoms with E-state index in [1.807, 2.05) is 36.4 Å². The van der Waals surface area contributed by atoms with Crippen molar-refractivity contribution >= 4 is 42.8 Å². The van der Waals surface area contributed by atoms with Gasteiger partial charge in [0.15, 0.2) is 0 Å². The molecule has 0 fully saturated rings. The van der Waals surface area contributed by atoms with Crippen LogP contribution in [0.25, 0.3) is 10.9 Å². The van der Waals surface area contributed by atoms with Crippen LogP contribution in [-0.4, -0.2) is 4.98 Å². The van der Waals surface area contributed by atoms with Crippen molar-refractivity contribution in [1.82, 2.24) is 4.98 Å². The predicted octanol–water partition coefficient (Wildman–Crippen LogP) is 5.82. The lowest BCUT2D eigenvalue weighted by molar-refractivity contribution is 0.617. The van der Waals surface area contributed by atoms with Crippen LogP contribution in [0.4, 0.5) is 4.39 Å². The number of benzene rings is 2. The van der Waals surface area contributed by atoms with E-state index in [9.17, 15) is 4.39 Å². The first-order valence-electron chi connectivity index (χ1n) is 6.58. The van der Waals surface area contributed by atoms with Crippen molar-refractivity contribution in [1.29, 1.82) is 0 Å². The summed E-state index contributed by atoms with van der Waals surface area (Å²) in [6.07, 6.45) is 0.701. The van der Waals surface area contributed by atoms with Crippen LogP contribution < -0.4 is 0 Å². The van der Waals surface area contributed by atoms with Crippen molar-refractivity contribution < 1.29 is 4.39 Å². The summed E-state index contributed by atoms with van der Waals surface area (Å²) < 4.78 is 14.1. The maximum absolute atomic E-state index is 13.6. The van der Waals surface area contributed by atoms with Gasteiger partial charge in [0.1, 0.15) is 5.82 Å². The molecule has 21 heavy (non-hydrogen) atoms. The van der Waals surface area contributed by atoms with E-state index in [0.29, 0.717) is 10.9 Å². The van der Waals surface area contributed by atoms with E-state index in [1.54, 1.807) is 6.07 Å². The van der Waals surface area contributed by atoms with Gasteiger partial charge >= 0.3 is 0 Å². The van der Waals surface area contributed by atoms with Crippen LogP contribution in [0, 0.1) is 5.82 Å². The molecule has 4 heteroatoms. The van der Waals surface area contributed by atoms with Gasteiger partial charge in [-0.05, 0) is 39.7 Å². The first-order valence-corrected chi connectivity index (χ1v) is 8.28. The van der Waals surface area contributed by atoms with Gasteiger partial charge in [0.2, 0.25) is 0 Å². The Balaban J connectivity index is 1.89. The zero-order valence-corrected chi connectivity index (χ0v) is 14.2. The smallest absolute Gasteiger partial charge is 0.137 e. The molecule has 3 rings (SSSR count). The van der Waals surface area contributed by atoms with E-state index in [0.717, 1.165) is 22.2 Å². The Morgan fingerprint density at radius 3 is 2.67 bits per heavy atom. The molecular formula is C17H12Br2FN. The van der Waals surface area contributed by atoms with E-state index in [2.05, 4.69) is 42.9 Å². The van der Waals surface area contributed by atoms with Gasteiger partial charge in [-0.25, -0.2) is 4.39 Å². The Kier molecular flexibility index (Phi) is 4.36. The molecule has 1 unspecified atom stereocenters. The number of aromatic nitrogens is 1. The lowest BCUT2D eigenvalue weighted by Gasteiger charge is -2.12. The Hall–Kier alpha value is -1.26. The third-order valence-corrected chi connectivity index (χ3v) is 5.02. The van der Waals surface area contributed by atoms with Crippen molar-refractivity contribution in [2.24, 2.45) is 0 Å². The number of halogens is 3. The van der Waals surface area contributed by atoms with E-state index >= 15 is 0 Å². The molecule has 0 aliphatic carbocycles. The molecule has 0 saturated carbocycles. The van der Waals surface area contributed by atoms with Gasteiger partial charge in [-0.1, -0.05) is 52.3 Å². The summed E-state index contributed by atoms with van der Waals surface area (Å²) in [4.78, 5) is 4.66. The Morgan fingerprint density at radius 2 is 1.81 bits per heavy atom. The van der Waals surface area contributed by atoms with E-state index in [-0.39, 0.29) is 10.6 Å². The molecule has 0 spiro atoms. The van der Waals surface area contributed by atoms with Gasteiger partial charge in [0.25, 0.3) is 0 Å². The molecule has 1 atom stereocenters. The third kappa shape index (κ3) is 3.16. The minimum Gasteiger partial charge on any atom is -0.253 e. The van der Waals surface area contributed by atoms with Crippen LogP contribution in [0.2, 0.25) is 0 Å². The molecule has 3 aromatic rings. The van der Waals surface area contributed by atoms with Crippen LogP contribution in [0.5, 0.6) is 0 Å². The number of fused-ring (bicyclic) bond motifs is 1. The summed E-state index contributed by atoms with van der Waals surface area (Å²) in [6, 6.07) is 17.2. The fourth-order valence-corrected chi connectivity index (χ4v) is 3.84. The summed E-state index contributed by atoms with van der Waals surface area (Å²) >= 11 is 6.94. The molecule has 106 valence electrons. The molecule has 2 aromatic carbocycles. The third-order valence-electron chi connectivity index (χ3n) is 3.36. The predicted molar refractivity (Wildman–Crippen MR) is 91.2 cm³/mol. The number of nitrogens with zero attached hydrogens (tertiary/aromatic N) is 1. The highest BCUT2D eigenvalue weighted by Gasteiger charge is 2.15. The highest BCUT2D eigenvalue weighted by molar-refractivity contribution is 9.11. The number of para-hydroxylation sites is 1. The summed E-state index contributed by atoms with van der Waals surface area (Å²) in [6.45, 7) is 0. The summed E-state index contributed by atoms with van der Waals surface area (Å²) in [5, 5.41) is 1.12. The Morgan fingerprint density at radius 1 is 1.00 bits per heavy atom. The quantitative estimate of drug-likeness (QED) is 0.498. The number of hydrogen-bond donors (Lipinski definition) is 0. The van der Waals surface area contributed by atoms with Crippen molar-refractivity contribution in [3.8, 4) is 0 Å². The number of rotatable bonds is 3. The zero-order chi connectivity index (χ0) is 14.8. The van der Waals surface area contributed by atoms with Crippen molar-refractivity contribution in [3.63, 3.8) is 0 Å². The van der Waals surface area contributed by atoms with Gasteiger partial charge < -0.3 is 0 Å². The van der Waals surface area contributed by atoms with Crippen molar-refractivity contribution in [2.45, 2.75) is 11.2 Å². The Bertz CT molecular complexity index is 789. The molecule has 0 aliphatic rings. The molecule has 1 aromatic heterocycles. The standard InChI is InChI=1S/C17H12Br2FN/c18-14(13-5-3-6-15(20)17(13)19)10-12-9-8-11-4-1-2-7-16(11)21-12/h1-9,14H,10H2. The van der Waals surface area contributed by atoms with Crippen LogP contribution in [0.15, 0.2) is 59.1 Å². The molecule has 1 nitrogen and oxygen atoms in total. The van der Waals surface area contributed by atoms with Gasteiger partial charge in [-0.3, -0.25) is 4.98 Å². The normalized spacial score (nSPS) is 12.5. The number of alkyl halides is 1. The molecule has 0 aliphatic heterocycles. The molecule has 0 bridgehead atoms. The Labute approximate surface area is 139 Å². The fourth-order valence-electron chi connectivity index (χ4n) is 2.28. The first-order chi connectivity index (χ1) is 10.1. The lowest BCUT2D eigenvalue weighted by atomic mass is 10.1. The second-order valence-electron chi connectivity index (χ2n) is 4.81. The SMILES string of the molecule is Fc1cccc(C(Br)Cc2ccc3ccccc3n2)c1Br. The van der Waals surface area contributed by atoms with Gasteiger partial charge in [-0.15, -0.1) is 0 Å². The molecule has 1 heterocycles. The second kappa shape index (κ2) is 6.24. The maximum Gasteiger partial charge on any atom is 0.137 e. The molecule has 0 saturated heterocycles. The van der Waals surface area contributed by atoms with Gasteiger partial charge in [0.05, 0.1) is 9.99 Å². The topological polar surface area (TPSA) is 12.9 Å². The van der Waals surface area contributed by atoms with Crippen LogP contribution >= 0.6 is 31.9 Å². The summed E-state index contributed by atoms with van der Waals surface area (Å²) in [7, 11) is 0. The van der Waals surface area contributed by atoms with Crippen molar-refractivity contribution in [3.05, 3.63) is 76.1 Å². The largest absolute Gasteiger partial charge is 0.253 e. The lowest BCUT2D eigenvalue weighted by Crippen LogP contribution is -2.00. The average Bonchev–Trinajstić information content (AvgIpc) is 2.50. The molecule has 0 radical (unpaired) electrons. The molecule has 0 N–H and O–H groups in total. The van der Waals surface area contributed by atoms with E-state index in [4.69, 9.17) is 0 Å². The first kappa shape index (κ1) is 14.7. The fraction of sp³-hybridized carbons (Fsp3) is 0.118. The average molecular weight is 409 g/mol. The molecular weight excluding hydrogens is 397 g/mol. The second-order valence-corrected chi connectivity index (χ2v) is 6.71. The van der Waals surface area contributed by atoms with Crippen LogP contribution in [0.3, 0.4) is 0 Å². The number of hydrogen-bond acceptors (Lipinski definition) is 1. The van der Waals surface area contributed by atoms with Gasteiger partial charge in [-0.2, -0.15) is 0 Å². The van der Waals surface area contributed by atoms with E-state index < -0.39 is 0 Å². The zero-order valence-electron chi connectivity index (χ0n) is 11.1. The van der Waals surface area contributed by atoms with Crippen LogP contribution in [-0.2, 0) is 6.42 Å². The number of pyridine rings is 1. The minimum atomic E-state index is -0.247. The van der Waals surface area contributed by atoms with Gasteiger partial charge in [0, 0.05) is 22.3 Å². The minimum absolute atomic E-state index is 0.0104. The summed E-state index contributed by atoms with van der Waals surface area (Å²) in [5.74, 6) is -0.247.